The molecule has 2 N–H and O–H groups in total. The summed E-state index contributed by atoms with van der Waals surface area (Å²) >= 11 is 0. The number of hydrogen-bond acceptors (Lipinski definition) is 4. The van der Waals surface area contributed by atoms with Crippen LogP contribution in [0.5, 0.6) is 0 Å². The number of nitrogens with one attached hydrogen (secondary N) is 1. The van der Waals surface area contributed by atoms with Crippen LogP contribution in [-0.2, 0) is 9.59 Å². The summed E-state index contributed by atoms with van der Waals surface area (Å²) in [4.78, 5) is 22.6. The molecule has 1 unspecified atom stereocenters. The molecule has 1 heterocycles. The second-order valence-electron chi connectivity index (χ2n) is 5.13. The van der Waals surface area contributed by atoms with Gasteiger partial charge in [0.25, 0.3) is 0 Å². The third kappa shape index (κ3) is 3.67. The molecule has 1 amide bonds. The Balaban J connectivity index is 1.67. The zero-order valence-electron chi connectivity index (χ0n) is 11.1. The molecule has 2 rings (SSSR count). The molecule has 0 saturated heterocycles. The summed E-state index contributed by atoms with van der Waals surface area (Å²) in [5, 5.41) is 19.6. The van der Waals surface area contributed by atoms with Crippen LogP contribution in [0.3, 0.4) is 0 Å². The van der Waals surface area contributed by atoms with Crippen LogP contribution in [0.4, 0.5) is 0 Å². The topological polar surface area (TPSA) is 91.1 Å². The van der Waals surface area contributed by atoms with Gasteiger partial charge in [-0.2, -0.15) is 10.2 Å². The second-order valence-corrected chi connectivity index (χ2v) is 5.13. The Kier molecular flexibility index (Phi) is 4.18. The Morgan fingerprint density at radius 3 is 2.80 bits per heavy atom. The number of aliphatic carboxylic acids is 1. The number of hydrogen-bond donors (Lipinski definition) is 2. The van der Waals surface area contributed by atoms with Crippen molar-refractivity contribution < 1.29 is 14.7 Å². The van der Waals surface area contributed by atoms with Crippen molar-refractivity contribution in [2.75, 3.05) is 0 Å². The number of nitrogens with zero attached hydrogens (tertiary/aromatic N) is 2. The van der Waals surface area contributed by atoms with Crippen LogP contribution in [0.15, 0.2) is 21.9 Å². The maximum absolute atomic E-state index is 11.8. The molecule has 0 fully saturated rings. The molecule has 106 valence electrons. The monoisotopic (exact) mass is 275 g/mol. The Labute approximate surface area is 117 Å². The molecule has 6 heteroatoms. The smallest absolute Gasteiger partial charge is 0.331 e. The first-order valence-electron chi connectivity index (χ1n) is 6.64. The van der Waals surface area contributed by atoms with Crippen molar-refractivity contribution in [1.29, 1.82) is 0 Å². The number of carbonyl (C=O) groups is 2. The quantitative estimate of drug-likeness (QED) is 0.692. The van der Waals surface area contributed by atoms with Crippen molar-refractivity contribution in [3.05, 3.63) is 11.6 Å². The standard InChI is InChI=1S/C14H17N3O3/c1-2-3-7-14(16-17-14)8-6-12(18)15-11-5-4-10(9-11)13(19)20/h1,4,11H,3,5-9H2,(H,15,18)(H,19,20). The Morgan fingerprint density at radius 2 is 2.25 bits per heavy atom. The van der Waals surface area contributed by atoms with E-state index >= 15 is 0 Å². The highest BCUT2D eigenvalue weighted by Crippen LogP contribution is 2.37. The molecule has 0 spiro atoms. The van der Waals surface area contributed by atoms with Gasteiger partial charge in [-0.15, -0.1) is 12.3 Å². The summed E-state index contributed by atoms with van der Waals surface area (Å²) in [6, 6.07) is -0.108. The van der Waals surface area contributed by atoms with Crippen LogP contribution in [0, 0.1) is 12.3 Å². The van der Waals surface area contributed by atoms with Gasteiger partial charge in [0.05, 0.1) is 0 Å². The molecule has 2 aliphatic rings. The molecule has 1 atom stereocenters. The minimum atomic E-state index is -0.912. The molecular formula is C14H17N3O3. The normalized spacial score (nSPS) is 21.9. The van der Waals surface area contributed by atoms with E-state index in [-0.39, 0.29) is 11.9 Å². The summed E-state index contributed by atoms with van der Waals surface area (Å²) < 4.78 is 0. The van der Waals surface area contributed by atoms with E-state index in [9.17, 15) is 9.59 Å². The van der Waals surface area contributed by atoms with Crippen LogP contribution < -0.4 is 5.32 Å². The first-order valence-corrected chi connectivity index (χ1v) is 6.64. The Morgan fingerprint density at radius 1 is 1.50 bits per heavy atom. The molecule has 0 aromatic heterocycles. The summed E-state index contributed by atoms with van der Waals surface area (Å²) in [5.41, 5.74) is -0.0721. The van der Waals surface area contributed by atoms with E-state index in [0.29, 0.717) is 44.1 Å². The van der Waals surface area contributed by atoms with E-state index in [0.717, 1.165) is 0 Å². The first-order chi connectivity index (χ1) is 9.54. The molecule has 6 nitrogen and oxygen atoms in total. The lowest BCUT2D eigenvalue weighted by molar-refractivity contribution is -0.133. The fourth-order valence-corrected chi connectivity index (χ4v) is 2.28. The summed E-state index contributed by atoms with van der Waals surface area (Å²) in [6.07, 6.45) is 10.00. The first kappa shape index (κ1) is 14.3. The zero-order valence-corrected chi connectivity index (χ0v) is 11.1. The van der Waals surface area contributed by atoms with E-state index in [2.05, 4.69) is 21.5 Å². The average molecular weight is 275 g/mol. The predicted molar refractivity (Wildman–Crippen MR) is 71.8 cm³/mol. The van der Waals surface area contributed by atoms with Gasteiger partial charge < -0.3 is 10.4 Å². The zero-order chi connectivity index (χ0) is 14.6. The predicted octanol–water partition coefficient (Wildman–Crippen LogP) is 1.63. The average Bonchev–Trinajstić information content (AvgIpc) is 3.04. The Bertz CT molecular complexity index is 510. The highest BCUT2D eigenvalue weighted by Gasteiger charge is 2.39. The lowest BCUT2D eigenvalue weighted by Crippen LogP contribution is -2.34. The van der Waals surface area contributed by atoms with Gasteiger partial charge in [0.15, 0.2) is 5.66 Å². The number of carbonyl (C=O) groups excluding carboxylic acids is 1. The molecule has 1 aliphatic heterocycles. The lowest BCUT2D eigenvalue weighted by atomic mass is 10.0. The van der Waals surface area contributed by atoms with Crippen molar-refractivity contribution in [1.82, 2.24) is 5.32 Å². The van der Waals surface area contributed by atoms with Gasteiger partial charge in [-0.1, -0.05) is 6.08 Å². The molecule has 0 bridgehead atoms. The minimum absolute atomic E-state index is 0.0904. The maximum Gasteiger partial charge on any atom is 0.331 e. The van der Waals surface area contributed by atoms with Crippen LogP contribution in [0.1, 0.15) is 38.5 Å². The summed E-state index contributed by atoms with van der Waals surface area (Å²) in [5.74, 6) is 1.54. The van der Waals surface area contributed by atoms with E-state index < -0.39 is 11.6 Å². The third-order valence-electron chi connectivity index (χ3n) is 3.56. The molecule has 20 heavy (non-hydrogen) atoms. The van der Waals surface area contributed by atoms with Crippen molar-refractivity contribution in [2.24, 2.45) is 10.2 Å². The number of terminal acetylenes is 1. The van der Waals surface area contributed by atoms with Crippen LogP contribution >= 0.6 is 0 Å². The van der Waals surface area contributed by atoms with Gasteiger partial charge in [-0.05, 0) is 12.8 Å². The fraction of sp³-hybridized carbons (Fsp3) is 0.571. The van der Waals surface area contributed by atoms with Crippen molar-refractivity contribution in [2.45, 2.75) is 50.2 Å². The van der Waals surface area contributed by atoms with Crippen LogP contribution in [0.25, 0.3) is 0 Å². The van der Waals surface area contributed by atoms with E-state index in [1.54, 1.807) is 6.08 Å². The molecule has 0 aromatic rings. The van der Waals surface area contributed by atoms with Gasteiger partial charge in [0, 0.05) is 37.3 Å². The second kappa shape index (κ2) is 5.87. The number of carboxylic acids is 1. The number of carboxylic acid groups (broad SMARTS) is 1. The van der Waals surface area contributed by atoms with E-state index in [1.807, 2.05) is 0 Å². The molecular weight excluding hydrogens is 258 g/mol. The van der Waals surface area contributed by atoms with Crippen molar-refractivity contribution >= 4 is 11.9 Å². The minimum Gasteiger partial charge on any atom is -0.478 e. The number of rotatable bonds is 7. The summed E-state index contributed by atoms with van der Waals surface area (Å²) in [7, 11) is 0. The van der Waals surface area contributed by atoms with Gasteiger partial charge in [0.1, 0.15) is 0 Å². The summed E-state index contributed by atoms with van der Waals surface area (Å²) in [6.45, 7) is 0. The molecule has 1 aliphatic carbocycles. The fourth-order valence-electron chi connectivity index (χ4n) is 2.28. The van der Waals surface area contributed by atoms with Crippen molar-refractivity contribution in [3.63, 3.8) is 0 Å². The van der Waals surface area contributed by atoms with Gasteiger partial charge in [-0.3, -0.25) is 4.79 Å². The van der Waals surface area contributed by atoms with Crippen LogP contribution in [0.2, 0.25) is 0 Å². The van der Waals surface area contributed by atoms with Gasteiger partial charge >= 0.3 is 5.97 Å². The maximum atomic E-state index is 11.8. The van der Waals surface area contributed by atoms with Crippen LogP contribution in [-0.4, -0.2) is 28.7 Å². The molecule has 0 aromatic carbocycles. The highest BCUT2D eigenvalue weighted by atomic mass is 16.4. The molecule has 0 saturated carbocycles. The Hall–Kier alpha value is -2.16. The number of amides is 1. The largest absolute Gasteiger partial charge is 0.478 e. The highest BCUT2D eigenvalue weighted by molar-refractivity contribution is 5.87. The van der Waals surface area contributed by atoms with E-state index in [4.69, 9.17) is 11.5 Å². The van der Waals surface area contributed by atoms with Gasteiger partial charge in [0.2, 0.25) is 5.91 Å². The lowest BCUT2D eigenvalue weighted by Gasteiger charge is -2.13. The van der Waals surface area contributed by atoms with Gasteiger partial charge in [-0.25, -0.2) is 4.79 Å². The SMILES string of the molecule is C#CCCC1(CCC(=O)NC2CC=C(C(=O)O)C2)N=N1. The molecule has 0 radical (unpaired) electrons. The van der Waals surface area contributed by atoms with E-state index in [1.165, 1.54) is 0 Å². The third-order valence-corrected chi connectivity index (χ3v) is 3.56. The van der Waals surface area contributed by atoms with Crippen molar-refractivity contribution in [3.8, 4) is 12.3 Å².